The van der Waals surface area contributed by atoms with E-state index in [-0.39, 0.29) is 0 Å². The number of hydrogen-bond donors (Lipinski definition) is 1. The van der Waals surface area contributed by atoms with Gasteiger partial charge in [0.1, 0.15) is 4.99 Å². The third-order valence-electron chi connectivity index (χ3n) is 2.33. The summed E-state index contributed by atoms with van der Waals surface area (Å²) in [5, 5.41) is 4.08. The van der Waals surface area contributed by atoms with Crippen LogP contribution in [0.4, 0.5) is 5.69 Å². The Morgan fingerprint density at radius 2 is 1.94 bits per heavy atom. The highest BCUT2D eigenvalue weighted by Crippen LogP contribution is 2.25. The maximum absolute atomic E-state index is 5.94. The highest BCUT2D eigenvalue weighted by molar-refractivity contribution is 7.81. The normalized spacial score (nSPS) is 10.2. The molecule has 1 N–H and O–H groups in total. The first kappa shape index (κ1) is 13.3. The van der Waals surface area contributed by atoms with Gasteiger partial charge in [-0.3, -0.25) is 4.98 Å². The quantitative estimate of drug-likeness (QED) is 0.827. The molecule has 0 atom stereocenters. The first-order valence-corrected chi connectivity index (χ1v) is 6.42. The molecule has 1 aromatic heterocycles. The summed E-state index contributed by atoms with van der Waals surface area (Å²) in [6, 6.07) is 9.11. The second-order valence-electron chi connectivity index (χ2n) is 3.80. The maximum Gasteiger partial charge on any atom is 0.129 e. The van der Waals surface area contributed by atoms with Crippen molar-refractivity contribution in [2.24, 2.45) is 0 Å². The van der Waals surface area contributed by atoms with Gasteiger partial charge in [-0.05, 0) is 42.8 Å². The lowest BCUT2D eigenvalue weighted by molar-refractivity contribution is 1.26. The van der Waals surface area contributed by atoms with Crippen molar-refractivity contribution in [1.29, 1.82) is 0 Å². The molecule has 0 saturated heterocycles. The topological polar surface area (TPSA) is 24.9 Å². The number of nitrogens with zero attached hydrogens (tertiary/aromatic N) is 1. The molecule has 0 bridgehead atoms. The van der Waals surface area contributed by atoms with Crippen molar-refractivity contribution in [3.63, 3.8) is 0 Å². The van der Waals surface area contributed by atoms with Crippen molar-refractivity contribution in [3.8, 4) is 0 Å². The number of hydrogen-bond acceptors (Lipinski definition) is 2. The number of aryl methyl sites for hydroxylation is 1. The van der Waals surface area contributed by atoms with Crippen LogP contribution in [0, 0.1) is 6.92 Å². The number of benzene rings is 1. The van der Waals surface area contributed by atoms with Gasteiger partial charge in [-0.1, -0.05) is 35.4 Å². The van der Waals surface area contributed by atoms with Crippen molar-refractivity contribution in [3.05, 3.63) is 57.8 Å². The standard InChI is InChI=1S/C13H10Cl2N2S/c1-8-4-5-16-12(6-8)13(18)17-9-2-3-10(14)11(15)7-9/h2-7H,1H3,(H,17,18). The van der Waals surface area contributed by atoms with Crippen LogP contribution in [-0.2, 0) is 0 Å². The molecule has 1 aromatic carbocycles. The van der Waals surface area contributed by atoms with Gasteiger partial charge < -0.3 is 5.32 Å². The Morgan fingerprint density at radius 3 is 2.61 bits per heavy atom. The molecule has 0 aliphatic heterocycles. The molecule has 0 fully saturated rings. The summed E-state index contributed by atoms with van der Waals surface area (Å²) >= 11 is 17.1. The van der Waals surface area contributed by atoms with E-state index in [1.54, 1.807) is 18.3 Å². The van der Waals surface area contributed by atoms with Gasteiger partial charge in [0.05, 0.1) is 15.7 Å². The number of nitrogens with one attached hydrogen (secondary N) is 1. The number of pyridine rings is 1. The lowest BCUT2D eigenvalue weighted by Gasteiger charge is -2.08. The van der Waals surface area contributed by atoms with Crippen LogP contribution in [0.15, 0.2) is 36.5 Å². The van der Waals surface area contributed by atoms with Crippen LogP contribution in [0.5, 0.6) is 0 Å². The van der Waals surface area contributed by atoms with Gasteiger partial charge in [0.15, 0.2) is 0 Å². The maximum atomic E-state index is 5.94. The van der Waals surface area contributed by atoms with Crippen molar-refractivity contribution < 1.29 is 0 Å². The molecular weight excluding hydrogens is 287 g/mol. The Kier molecular flexibility index (Phi) is 4.17. The Hall–Kier alpha value is -1.16. The van der Waals surface area contributed by atoms with Crippen LogP contribution in [0.2, 0.25) is 10.0 Å². The molecule has 2 nitrogen and oxygen atoms in total. The predicted molar refractivity (Wildman–Crippen MR) is 80.8 cm³/mol. The van der Waals surface area contributed by atoms with Crippen molar-refractivity contribution in [1.82, 2.24) is 4.98 Å². The molecule has 1 heterocycles. The zero-order valence-electron chi connectivity index (χ0n) is 9.58. The van der Waals surface area contributed by atoms with Gasteiger partial charge >= 0.3 is 0 Å². The lowest BCUT2D eigenvalue weighted by atomic mass is 10.2. The number of rotatable bonds is 2. The fourth-order valence-corrected chi connectivity index (χ4v) is 1.96. The second kappa shape index (κ2) is 5.65. The molecule has 5 heteroatoms. The van der Waals surface area contributed by atoms with E-state index in [2.05, 4.69) is 10.3 Å². The van der Waals surface area contributed by atoms with E-state index in [0.29, 0.717) is 15.0 Å². The predicted octanol–water partition coefficient (Wildman–Crippen LogP) is 4.48. The third kappa shape index (κ3) is 3.19. The zero-order chi connectivity index (χ0) is 13.1. The van der Waals surface area contributed by atoms with Crippen LogP contribution in [0.1, 0.15) is 11.3 Å². The van der Waals surface area contributed by atoms with Crippen LogP contribution in [0.3, 0.4) is 0 Å². The van der Waals surface area contributed by atoms with Crippen LogP contribution in [-0.4, -0.2) is 9.97 Å². The lowest BCUT2D eigenvalue weighted by Crippen LogP contribution is -2.12. The van der Waals surface area contributed by atoms with Gasteiger partial charge in [0.25, 0.3) is 0 Å². The van der Waals surface area contributed by atoms with Crippen LogP contribution < -0.4 is 5.32 Å². The number of halogens is 2. The third-order valence-corrected chi connectivity index (χ3v) is 3.38. The van der Waals surface area contributed by atoms with Crippen molar-refractivity contribution in [2.75, 3.05) is 5.32 Å². The van der Waals surface area contributed by atoms with Crippen LogP contribution >= 0.6 is 35.4 Å². The fourth-order valence-electron chi connectivity index (χ4n) is 1.43. The average molecular weight is 297 g/mol. The zero-order valence-corrected chi connectivity index (χ0v) is 11.9. The minimum absolute atomic E-state index is 0.488. The number of thiocarbonyl (C=S) groups is 1. The summed E-state index contributed by atoms with van der Waals surface area (Å²) in [5.41, 5.74) is 2.63. The molecule has 18 heavy (non-hydrogen) atoms. The summed E-state index contributed by atoms with van der Waals surface area (Å²) < 4.78 is 0. The van der Waals surface area contributed by atoms with Gasteiger partial charge in [0, 0.05) is 11.9 Å². The molecule has 0 aliphatic carbocycles. The molecule has 0 unspecified atom stereocenters. The molecule has 0 spiro atoms. The van der Waals surface area contributed by atoms with E-state index in [1.165, 1.54) is 0 Å². The number of aromatic nitrogens is 1. The van der Waals surface area contributed by atoms with E-state index in [9.17, 15) is 0 Å². The first-order valence-electron chi connectivity index (χ1n) is 5.25. The average Bonchev–Trinajstić information content (AvgIpc) is 2.34. The summed E-state index contributed by atoms with van der Waals surface area (Å²) in [4.78, 5) is 4.77. The van der Waals surface area contributed by atoms with E-state index in [0.717, 1.165) is 16.9 Å². The van der Waals surface area contributed by atoms with Gasteiger partial charge in [0.2, 0.25) is 0 Å². The van der Waals surface area contributed by atoms with Crippen LogP contribution in [0.25, 0.3) is 0 Å². The smallest absolute Gasteiger partial charge is 0.129 e. The summed E-state index contributed by atoms with van der Waals surface area (Å²) in [7, 11) is 0. The van der Waals surface area contributed by atoms with E-state index < -0.39 is 0 Å². The molecule has 2 aromatic rings. The largest absolute Gasteiger partial charge is 0.345 e. The SMILES string of the molecule is Cc1ccnc(C(=S)Nc2ccc(Cl)c(Cl)c2)c1. The Morgan fingerprint density at radius 1 is 1.17 bits per heavy atom. The molecule has 0 aliphatic rings. The molecule has 0 radical (unpaired) electrons. The van der Waals surface area contributed by atoms with Gasteiger partial charge in [-0.25, -0.2) is 0 Å². The summed E-state index contributed by atoms with van der Waals surface area (Å²) in [6.45, 7) is 1.99. The number of anilines is 1. The van der Waals surface area contributed by atoms with E-state index in [1.807, 2.05) is 25.1 Å². The Bertz CT molecular complexity index is 599. The van der Waals surface area contributed by atoms with Gasteiger partial charge in [-0.15, -0.1) is 0 Å². The fraction of sp³-hybridized carbons (Fsp3) is 0.0769. The monoisotopic (exact) mass is 296 g/mol. The van der Waals surface area contributed by atoms with Crippen molar-refractivity contribution in [2.45, 2.75) is 6.92 Å². The highest BCUT2D eigenvalue weighted by atomic mass is 35.5. The van der Waals surface area contributed by atoms with Gasteiger partial charge in [-0.2, -0.15) is 0 Å². The molecule has 0 amide bonds. The Labute approximate surface area is 121 Å². The van der Waals surface area contributed by atoms with E-state index >= 15 is 0 Å². The molecular formula is C13H10Cl2N2S. The highest BCUT2D eigenvalue weighted by Gasteiger charge is 2.05. The minimum atomic E-state index is 0.488. The second-order valence-corrected chi connectivity index (χ2v) is 5.02. The summed E-state index contributed by atoms with van der Waals surface area (Å²) in [5.74, 6) is 0. The first-order chi connectivity index (χ1) is 8.56. The minimum Gasteiger partial charge on any atom is -0.345 e. The van der Waals surface area contributed by atoms with Crippen molar-refractivity contribution >= 4 is 46.1 Å². The summed E-state index contributed by atoms with van der Waals surface area (Å²) in [6.07, 6.45) is 1.73. The Balaban J connectivity index is 2.18. The molecule has 2 rings (SSSR count). The molecule has 92 valence electrons. The van der Waals surface area contributed by atoms with E-state index in [4.69, 9.17) is 35.4 Å². The molecule has 0 saturated carbocycles.